The van der Waals surface area contributed by atoms with Crippen molar-refractivity contribution < 1.29 is 0 Å². The highest BCUT2D eigenvalue weighted by Crippen LogP contribution is 2.17. The fourth-order valence-corrected chi connectivity index (χ4v) is 0.714. The van der Waals surface area contributed by atoms with Crippen molar-refractivity contribution in [3.05, 3.63) is 6.42 Å². The van der Waals surface area contributed by atoms with Crippen LogP contribution in [-0.4, -0.2) is 11.5 Å². The molecule has 2 heteroatoms. The molecule has 0 aromatic carbocycles. The molecule has 0 aromatic rings. The third-order valence-electron chi connectivity index (χ3n) is 0.581. The second-order valence-electron chi connectivity index (χ2n) is 1.15. The SMILES string of the molecule is CC1[C]C=NS1. The van der Waals surface area contributed by atoms with Crippen LogP contribution in [0.1, 0.15) is 6.92 Å². The summed E-state index contributed by atoms with van der Waals surface area (Å²) in [5.74, 6) is 0. The van der Waals surface area contributed by atoms with Crippen molar-refractivity contribution in [3.63, 3.8) is 0 Å². The molecule has 0 amide bonds. The van der Waals surface area contributed by atoms with Gasteiger partial charge in [0.25, 0.3) is 0 Å². The number of nitrogens with zero attached hydrogens (tertiary/aromatic N) is 1. The molecule has 32 valence electrons. The lowest BCUT2D eigenvalue weighted by Crippen LogP contribution is -1.86. The Hall–Kier alpha value is 0.0200. The van der Waals surface area contributed by atoms with E-state index in [2.05, 4.69) is 17.7 Å². The van der Waals surface area contributed by atoms with E-state index in [1.54, 1.807) is 18.2 Å². The molecule has 0 aliphatic carbocycles. The summed E-state index contributed by atoms with van der Waals surface area (Å²) in [5.41, 5.74) is 0. The van der Waals surface area contributed by atoms with Gasteiger partial charge in [-0.05, 0) is 11.9 Å². The third-order valence-corrected chi connectivity index (χ3v) is 1.26. The molecular formula is C4H5NS. The Kier molecular flexibility index (Phi) is 1.15. The molecule has 1 atom stereocenters. The predicted octanol–water partition coefficient (Wildman–Crippen LogP) is 1.19. The molecule has 0 aromatic heterocycles. The first-order chi connectivity index (χ1) is 2.89. The fraction of sp³-hybridized carbons (Fsp3) is 0.500. The largest absolute Gasteiger partial charge is 0.228 e. The molecule has 1 aliphatic rings. The summed E-state index contributed by atoms with van der Waals surface area (Å²) < 4.78 is 3.84. The summed E-state index contributed by atoms with van der Waals surface area (Å²) in [5, 5.41) is 0.491. The Morgan fingerprint density at radius 1 is 2.00 bits per heavy atom. The molecule has 1 rings (SSSR count). The maximum atomic E-state index is 3.84. The van der Waals surface area contributed by atoms with E-state index in [1.165, 1.54) is 0 Å². The van der Waals surface area contributed by atoms with Gasteiger partial charge in [0.1, 0.15) is 0 Å². The summed E-state index contributed by atoms with van der Waals surface area (Å²) in [6.45, 7) is 2.07. The van der Waals surface area contributed by atoms with Crippen molar-refractivity contribution >= 4 is 18.2 Å². The van der Waals surface area contributed by atoms with E-state index in [-0.39, 0.29) is 0 Å². The molecule has 2 radical (unpaired) electrons. The van der Waals surface area contributed by atoms with Crippen LogP contribution in [0, 0.1) is 6.42 Å². The Labute approximate surface area is 42.0 Å². The van der Waals surface area contributed by atoms with Gasteiger partial charge in [0.15, 0.2) is 0 Å². The van der Waals surface area contributed by atoms with Crippen LogP contribution in [0.25, 0.3) is 0 Å². The van der Waals surface area contributed by atoms with Crippen molar-refractivity contribution in [2.45, 2.75) is 12.2 Å². The van der Waals surface area contributed by atoms with Crippen LogP contribution in [-0.2, 0) is 0 Å². The van der Waals surface area contributed by atoms with Gasteiger partial charge in [-0.2, -0.15) is 0 Å². The molecule has 1 heterocycles. The van der Waals surface area contributed by atoms with Crippen LogP contribution in [0.15, 0.2) is 4.40 Å². The Morgan fingerprint density at radius 3 is 3.00 bits per heavy atom. The first kappa shape index (κ1) is 4.19. The number of rotatable bonds is 0. The maximum Gasteiger partial charge on any atom is 0.0451 e. The van der Waals surface area contributed by atoms with E-state index < -0.39 is 0 Å². The van der Waals surface area contributed by atoms with Crippen LogP contribution in [0.4, 0.5) is 0 Å². The van der Waals surface area contributed by atoms with Crippen molar-refractivity contribution in [2.24, 2.45) is 4.40 Å². The zero-order valence-corrected chi connectivity index (χ0v) is 4.33. The first-order valence-electron chi connectivity index (χ1n) is 1.83. The fourth-order valence-electron chi connectivity index (χ4n) is 0.288. The lowest BCUT2D eigenvalue weighted by Gasteiger charge is -1.87. The van der Waals surface area contributed by atoms with Gasteiger partial charge in [-0.3, -0.25) is 0 Å². The average Bonchev–Trinajstić information content (AvgIpc) is 1.86. The van der Waals surface area contributed by atoms with Crippen molar-refractivity contribution in [3.8, 4) is 0 Å². The third kappa shape index (κ3) is 0.744. The molecule has 0 saturated heterocycles. The van der Waals surface area contributed by atoms with Crippen molar-refractivity contribution in [1.29, 1.82) is 0 Å². The second kappa shape index (κ2) is 1.65. The van der Waals surface area contributed by atoms with Gasteiger partial charge in [0, 0.05) is 17.9 Å². The van der Waals surface area contributed by atoms with Gasteiger partial charge >= 0.3 is 0 Å². The first-order valence-corrected chi connectivity index (χ1v) is 2.67. The Balaban J connectivity index is 2.32. The molecule has 1 aliphatic heterocycles. The lowest BCUT2D eigenvalue weighted by molar-refractivity contribution is 1.22. The Morgan fingerprint density at radius 2 is 2.83 bits per heavy atom. The zero-order valence-electron chi connectivity index (χ0n) is 3.51. The van der Waals surface area contributed by atoms with Gasteiger partial charge in [-0.1, -0.05) is 6.92 Å². The molecule has 0 spiro atoms. The summed E-state index contributed by atoms with van der Waals surface area (Å²) in [6.07, 6.45) is 4.71. The molecule has 0 saturated carbocycles. The van der Waals surface area contributed by atoms with Gasteiger partial charge in [-0.15, -0.1) is 0 Å². The van der Waals surface area contributed by atoms with Crippen molar-refractivity contribution in [2.75, 3.05) is 0 Å². The normalized spacial score (nSPS) is 31.8. The van der Waals surface area contributed by atoms with E-state index >= 15 is 0 Å². The van der Waals surface area contributed by atoms with E-state index in [1.807, 2.05) is 0 Å². The van der Waals surface area contributed by atoms with Gasteiger partial charge < -0.3 is 0 Å². The minimum absolute atomic E-state index is 0.491. The summed E-state index contributed by atoms with van der Waals surface area (Å²) in [4.78, 5) is 0. The molecule has 1 nitrogen and oxygen atoms in total. The van der Waals surface area contributed by atoms with Crippen LogP contribution in [0.3, 0.4) is 0 Å². The van der Waals surface area contributed by atoms with Gasteiger partial charge in [0.2, 0.25) is 0 Å². The van der Waals surface area contributed by atoms with Crippen LogP contribution < -0.4 is 0 Å². The monoisotopic (exact) mass is 99.0 g/mol. The van der Waals surface area contributed by atoms with E-state index in [4.69, 9.17) is 0 Å². The van der Waals surface area contributed by atoms with Crippen molar-refractivity contribution in [1.82, 2.24) is 0 Å². The van der Waals surface area contributed by atoms with Crippen LogP contribution in [0.5, 0.6) is 0 Å². The average molecular weight is 99.2 g/mol. The number of hydrogen-bond acceptors (Lipinski definition) is 2. The highest BCUT2D eigenvalue weighted by atomic mass is 32.2. The van der Waals surface area contributed by atoms with E-state index in [0.717, 1.165) is 0 Å². The van der Waals surface area contributed by atoms with E-state index in [9.17, 15) is 0 Å². The van der Waals surface area contributed by atoms with Crippen LogP contribution >= 0.6 is 11.9 Å². The Bertz CT molecular complexity index is 61.9. The second-order valence-corrected chi connectivity index (χ2v) is 2.28. The molecule has 0 fully saturated rings. The van der Waals surface area contributed by atoms with Crippen LogP contribution in [0.2, 0.25) is 0 Å². The summed E-state index contributed by atoms with van der Waals surface area (Å²) in [7, 11) is 0. The van der Waals surface area contributed by atoms with Gasteiger partial charge in [0.05, 0.1) is 0 Å². The minimum atomic E-state index is 0.491. The molecule has 1 unspecified atom stereocenters. The molecule has 6 heavy (non-hydrogen) atoms. The smallest absolute Gasteiger partial charge is 0.0451 e. The molecular weight excluding hydrogens is 94.1 g/mol. The highest BCUT2D eigenvalue weighted by Gasteiger charge is 2.04. The molecule has 0 bridgehead atoms. The zero-order chi connectivity index (χ0) is 4.41. The lowest BCUT2D eigenvalue weighted by atomic mass is 10.4. The quantitative estimate of drug-likeness (QED) is 0.415. The van der Waals surface area contributed by atoms with Gasteiger partial charge in [-0.25, -0.2) is 4.40 Å². The standard InChI is InChI=1S/C4H5NS/c1-4-2-3-5-6-4/h3-4H,1H3. The predicted molar refractivity (Wildman–Crippen MR) is 28.8 cm³/mol. The molecule has 0 N–H and O–H groups in total. The minimum Gasteiger partial charge on any atom is -0.228 e. The van der Waals surface area contributed by atoms with E-state index in [0.29, 0.717) is 5.25 Å². The summed E-state index contributed by atoms with van der Waals surface area (Å²) in [6, 6.07) is 0. The topological polar surface area (TPSA) is 12.4 Å². The summed E-state index contributed by atoms with van der Waals surface area (Å²) >= 11 is 1.56. The number of hydrogen-bond donors (Lipinski definition) is 0. The maximum absolute atomic E-state index is 3.84. The highest BCUT2D eigenvalue weighted by molar-refractivity contribution is 7.99.